The molecule has 128 valence electrons. The molecule has 6 heteroatoms. The number of aromatic carboxylic acids is 1. The van der Waals surface area contributed by atoms with Gasteiger partial charge in [-0.1, -0.05) is 0 Å². The van der Waals surface area contributed by atoms with Crippen molar-refractivity contribution in [3.63, 3.8) is 0 Å². The predicted octanol–water partition coefficient (Wildman–Crippen LogP) is 3.33. The zero-order valence-electron chi connectivity index (χ0n) is 14.2. The molecule has 0 saturated carbocycles. The third kappa shape index (κ3) is 3.71. The van der Waals surface area contributed by atoms with Crippen molar-refractivity contribution in [1.82, 2.24) is 0 Å². The average Bonchev–Trinajstić information content (AvgIpc) is 2.59. The molecule has 0 aromatic heterocycles. The SMILES string of the molecule is COc1cc(OC)c(OC)cc1CNc1ccc(C(=O)O)cc1C. The van der Waals surface area contributed by atoms with Gasteiger partial charge in [-0.2, -0.15) is 0 Å². The van der Waals surface area contributed by atoms with Crippen LogP contribution in [0, 0.1) is 6.92 Å². The van der Waals surface area contributed by atoms with E-state index in [1.165, 1.54) is 0 Å². The van der Waals surface area contributed by atoms with Crippen LogP contribution in [0.2, 0.25) is 0 Å². The Morgan fingerprint density at radius 3 is 2.17 bits per heavy atom. The topological polar surface area (TPSA) is 77.0 Å². The quantitative estimate of drug-likeness (QED) is 0.810. The molecule has 0 bridgehead atoms. The van der Waals surface area contributed by atoms with Crippen LogP contribution in [0.3, 0.4) is 0 Å². The molecule has 0 fully saturated rings. The smallest absolute Gasteiger partial charge is 0.335 e. The lowest BCUT2D eigenvalue weighted by atomic mass is 10.1. The summed E-state index contributed by atoms with van der Waals surface area (Å²) in [5, 5.41) is 12.3. The van der Waals surface area contributed by atoms with Gasteiger partial charge in [-0.05, 0) is 36.8 Å². The summed E-state index contributed by atoms with van der Waals surface area (Å²) in [6, 6.07) is 8.59. The second kappa shape index (κ2) is 7.59. The lowest BCUT2D eigenvalue weighted by Crippen LogP contribution is -2.05. The zero-order chi connectivity index (χ0) is 17.7. The van der Waals surface area contributed by atoms with Gasteiger partial charge in [-0.25, -0.2) is 4.79 Å². The van der Waals surface area contributed by atoms with E-state index >= 15 is 0 Å². The van der Waals surface area contributed by atoms with Gasteiger partial charge < -0.3 is 24.6 Å². The number of hydrogen-bond acceptors (Lipinski definition) is 5. The maximum absolute atomic E-state index is 11.0. The van der Waals surface area contributed by atoms with Crippen LogP contribution in [-0.2, 0) is 6.54 Å². The predicted molar refractivity (Wildman–Crippen MR) is 91.6 cm³/mol. The lowest BCUT2D eigenvalue weighted by Gasteiger charge is -2.16. The highest BCUT2D eigenvalue weighted by Gasteiger charge is 2.12. The Bertz CT molecular complexity index is 742. The van der Waals surface area contributed by atoms with Crippen LogP contribution < -0.4 is 19.5 Å². The molecule has 2 aromatic rings. The van der Waals surface area contributed by atoms with E-state index in [-0.39, 0.29) is 5.56 Å². The number of carboxylic acids is 1. The van der Waals surface area contributed by atoms with Crippen LogP contribution >= 0.6 is 0 Å². The molecule has 2 aromatic carbocycles. The van der Waals surface area contributed by atoms with Crippen LogP contribution in [-0.4, -0.2) is 32.4 Å². The maximum Gasteiger partial charge on any atom is 0.335 e. The van der Waals surface area contributed by atoms with Crippen LogP contribution in [0.1, 0.15) is 21.5 Å². The monoisotopic (exact) mass is 331 g/mol. The van der Waals surface area contributed by atoms with E-state index in [9.17, 15) is 4.79 Å². The van der Waals surface area contributed by atoms with E-state index in [4.69, 9.17) is 19.3 Å². The van der Waals surface area contributed by atoms with Crippen LogP contribution in [0.4, 0.5) is 5.69 Å². The lowest BCUT2D eigenvalue weighted by molar-refractivity contribution is 0.0697. The molecule has 0 saturated heterocycles. The van der Waals surface area contributed by atoms with E-state index in [2.05, 4.69) is 5.32 Å². The first-order valence-electron chi connectivity index (χ1n) is 7.36. The third-order valence-corrected chi connectivity index (χ3v) is 3.73. The fourth-order valence-electron chi connectivity index (χ4n) is 2.42. The van der Waals surface area contributed by atoms with Crippen molar-refractivity contribution in [3.05, 3.63) is 47.0 Å². The van der Waals surface area contributed by atoms with Crippen molar-refractivity contribution in [2.45, 2.75) is 13.5 Å². The molecular weight excluding hydrogens is 310 g/mol. The summed E-state index contributed by atoms with van der Waals surface area (Å²) in [4.78, 5) is 11.0. The van der Waals surface area contributed by atoms with Crippen molar-refractivity contribution >= 4 is 11.7 Å². The fraction of sp³-hybridized carbons (Fsp3) is 0.278. The molecule has 0 unspecified atom stereocenters. The van der Waals surface area contributed by atoms with Gasteiger partial charge in [0.25, 0.3) is 0 Å². The highest BCUT2D eigenvalue weighted by atomic mass is 16.5. The highest BCUT2D eigenvalue weighted by Crippen LogP contribution is 2.35. The molecule has 0 aliphatic rings. The van der Waals surface area contributed by atoms with E-state index in [1.807, 2.05) is 13.0 Å². The van der Waals surface area contributed by atoms with Gasteiger partial charge in [0, 0.05) is 23.9 Å². The van der Waals surface area contributed by atoms with E-state index in [1.54, 1.807) is 45.6 Å². The molecule has 0 atom stereocenters. The molecule has 24 heavy (non-hydrogen) atoms. The Hall–Kier alpha value is -2.89. The number of rotatable bonds is 7. The number of nitrogens with one attached hydrogen (secondary N) is 1. The minimum atomic E-state index is -0.939. The van der Waals surface area contributed by atoms with Crippen LogP contribution in [0.5, 0.6) is 17.2 Å². The first-order chi connectivity index (χ1) is 11.5. The summed E-state index contributed by atoms with van der Waals surface area (Å²) in [5.41, 5.74) is 2.88. The van der Waals surface area contributed by atoms with E-state index < -0.39 is 5.97 Å². The van der Waals surface area contributed by atoms with Gasteiger partial charge in [0.15, 0.2) is 11.5 Å². The number of aryl methyl sites for hydroxylation is 1. The molecule has 0 aliphatic carbocycles. The van der Waals surface area contributed by atoms with Crippen molar-refractivity contribution in [2.24, 2.45) is 0 Å². The Labute approximate surface area is 141 Å². The molecular formula is C18H21NO5. The maximum atomic E-state index is 11.0. The van der Waals surface area contributed by atoms with E-state index in [0.29, 0.717) is 23.8 Å². The first kappa shape index (κ1) is 17.5. The minimum absolute atomic E-state index is 0.266. The van der Waals surface area contributed by atoms with Crippen molar-refractivity contribution < 1.29 is 24.1 Å². The largest absolute Gasteiger partial charge is 0.496 e. The first-order valence-corrected chi connectivity index (χ1v) is 7.36. The number of carboxylic acid groups (broad SMARTS) is 1. The summed E-state index contributed by atoms with van der Waals surface area (Å²) in [6.07, 6.45) is 0. The molecule has 0 aliphatic heterocycles. The standard InChI is InChI=1S/C18H21NO5/c1-11-7-12(18(20)21)5-6-14(11)19-10-13-8-16(23-3)17(24-4)9-15(13)22-2/h5-9,19H,10H2,1-4H3,(H,20,21). The van der Waals surface area contributed by atoms with Gasteiger partial charge in [-0.3, -0.25) is 0 Å². The molecule has 2 N–H and O–H groups in total. The number of carbonyl (C=O) groups is 1. The molecule has 0 heterocycles. The molecule has 2 rings (SSSR count). The third-order valence-electron chi connectivity index (χ3n) is 3.73. The zero-order valence-corrected chi connectivity index (χ0v) is 14.2. The second-order valence-electron chi connectivity index (χ2n) is 5.21. The molecule has 0 radical (unpaired) electrons. The molecule has 0 spiro atoms. The van der Waals surface area contributed by atoms with Gasteiger partial charge in [-0.15, -0.1) is 0 Å². The second-order valence-corrected chi connectivity index (χ2v) is 5.21. The number of benzene rings is 2. The van der Waals surface area contributed by atoms with Crippen LogP contribution in [0.15, 0.2) is 30.3 Å². The van der Waals surface area contributed by atoms with Crippen molar-refractivity contribution in [1.29, 1.82) is 0 Å². The molecule has 0 amide bonds. The summed E-state index contributed by atoms with van der Waals surface area (Å²) in [6.45, 7) is 2.36. The van der Waals surface area contributed by atoms with Crippen molar-refractivity contribution in [2.75, 3.05) is 26.6 Å². The van der Waals surface area contributed by atoms with Gasteiger partial charge in [0.1, 0.15) is 5.75 Å². The van der Waals surface area contributed by atoms with E-state index in [0.717, 1.165) is 16.8 Å². The Balaban J connectivity index is 2.24. The Morgan fingerprint density at radius 1 is 1.00 bits per heavy atom. The minimum Gasteiger partial charge on any atom is -0.496 e. The summed E-state index contributed by atoms with van der Waals surface area (Å²) in [5.74, 6) is 0.958. The summed E-state index contributed by atoms with van der Waals surface area (Å²) >= 11 is 0. The number of ether oxygens (including phenoxy) is 3. The summed E-state index contributed by atoms with van der Waals surface area (Å²) < 4.78 is 16.0. The highest BCUT2D eigenvalue weighted by molar-refractivity contribution is 5.88. The summed E-state index contributed by atoms with van der Waals surface area (Å²) in [7, 11) is 4.75. The van der Waals surface area contributed by atoms with Gasteiger partial charge in [0.2, 0.25) is 0 Å². The normalized spacial score (nSPS) is 10.2. The van der Waals surface area contributed by atoms with Gasteiger partial charge in [0.05, 0.1) is 26.9 Å². The average molecular weight is 331 g/mol. The number of methoxy groups -OCH3 is 3. The molecule has 6 nitrogen and oxygen atoms in total. The van der Waals surface area contributed by atoms with Crippen LogP contribution in [0.25, 0.3) is 0 Å². The Morgan fingerprint density at radius 2 is 1.62 bits per heavy atom. The Kier molecular flexibility index (Phi) is 5.52. The number of anilines is 1. The fourth-order valence-corrected chi connectivity index (χ4v) is 2.42. The van der Waals surface area contributed by atoms with Crippen molar-refractivity contribution in [3.8, 4) is 17.2 Å². The number of hydrogen-bond donors (Lipinski definition) is 2. The van der Waals surface area contributed by atoms with Gasteiger partial charge >= 0.3 is 5.97 Å².